The van der Waals surface area contributed by atoms with E-state index in [1.807, 2.05) is 0 Å². The number of hydrogen-bond acceptors (Lipinski definition) is 4. The van der Waals surface area contributed by atoms with Gasteiger partial charge < -0.3 is 20.7 Å². The number of rotatable bonds is 3. The number of nitrogens with two attached hydrogens (primary N) is 1. The van der Waals surface area contributed by atoms with E-state index in [0.717, 1.165) is 12.8 Å². The minimum absolute atomic E-state index is 0.105. The van der Waals surface area contributed by atoms with Crippen LogP contribution < -0.4 is 5.73 Å². The molecule has 0 radical (unpaired) electrons. The van der Waals surface area contributed by atoms with Gasteiger partial charge in [-0.1, -0.05) is 0 Å². The van der Waals surface area contributed by atoms with Crippen LogP contribution in [0.4, 0.5) is 0 Å². The molecule has 0 aromatic heterocycles. The van der Waals surface area contributed by atoms with Crippen LogP contribution in [0.5, 0.6) is 0 Å². The van der Waals surface area contributed by atoms with Gasteiger partial charge in [0.2, 0.25) is 0 Å². The van der Waals surface area contributed by atoms with E-state index in [0.29, 0.717) is 26.2 Å². The van der Waals surface area contributed by atoms with Crippen molar-refractivity contribution in [1.29, 1.82) is 0 Å². The SMILES string of the molecule is NCC1(CC(O)O)CCOCC1. The van der Waals surface area contributed by atoms with Crippen molar-refractivity contribution in [3.63, 3.8) is 0 Å². The van der Waals surface area contributed by atoms with Gasteiger partial charge in [0.25, 0.3) is 0 Å². The van der Waals surface area contributed by atoms with E-state index >= 15 is 0 Å². The lowest BCUT2D eigenvalue weighted by Gasteiger charge is -2.36. The third-order valence-corrected chi connectivity index (χ3v) is 2.60. The Labute approximate surface area is 72.3 Å². The van der Waals surface area contributed by atoms with Gasteiger partial charge in [0.1, 0.15) is 0 Å². The topological polar surface area (TPSA) is 75.7 Å². The first-order chi connectivity index (χ1) is 5.68. The van der Waals surface area contributed by atoms with Crippen LogP contribution in [0.25, 0.3) is 0 Å². The van der Waals surface area contributed by atoms with Gasteiger partial charge in [-0.15, -0.1) is 0 Å². The molecule has 0 bridgehead atoms. The summed E-state index contributed by atoms with van der Waals surface area (Å²) in [6.07, 6.45) is 0.793. The smallest absolute Gasteiger partial charge is 0.152 e. The number of ether oxygens (including phenoxy) is 1. The van der Waals surface area contributed by atoms with Gasteiger partial charge in [0.15, 0.2) is 6.29 Å². The second-order valence-corrected chi connectivity index (χ2v) is 3.50. The Balaban J connectivity index is 2.48. The number of hydrogen-bond donors (Lipinski definition) is 3. The first-order valence-electron chi connectivity index (χ1n) is 4.32. The van der Waals surface area contributed by atoms with Crippen molar-refractivity contribution in [2.24, 2.45) is 11.1 Å². The third-order valence-electron chi connectivity index (χ3n) is 2.60. The highest BCUT2D eigenvalue weighted by molar-refractivity contribution is 4.83. The van der Waals surface area contributed by atoms with E-state index in [4.69, 9.17) is 20.7 Å². The lowest BCUT2D eigenvalue weighted by atomic mass is 9.77. The summed E-state index contributed by atoms with van der Waals surface area (Å²) in [6.45, 7) is 1.88. The van der Waals surface area contributed by atoms with E-state index in [-0.39, 0.29) is 5.41 Å². The molecule has 4 heteroatoms. The molecule has 4 nitrogen and oxygen atoms in total. The molecule has 12 heavy (non-hydrogen) atoms. The highest BCUT2D eigenvalue weighted by atomic mass is 16.5. The Morgan fingerprint density at radius 1 is 1.33 bits per heavy atom. The average Bonchev–Trinajstić information content (AvgIpc) is 2.05. The average molecular weight is 175 g/mol. The summed E-state index contributed by atoms with van der Waals surface area (Å²) < 4.78 is 5.19. The van der Waals surface area contributed by atoms with Crippen molar-refractivity contribution in [2.75, 3.05) is 19.8 Å². The van der Waals surface area contributed by atoms with Crippen molar-refractivity contribution in [1.82, 2.24) is 0 Å². The molecule has 0 spiro atoms. The number of aliphatic hydroxyl groups is 2. The lowest BCUT2D eigenvalue weighted by Crippen LogP contribution is -2.39. The van der Waals surface area contributed by atoms with Crippen LogP contribution in [0.15, 0.2) is 0 Å². The van der Waals surface area contributed by atoms with Crippen molar-refractivity contribution in [3.05, 3.63) is 0 Å². The van der Waals surface area contributed by atoms with Gasteiger partial charge in [-0.3, -0.25) is 0 Å². The fourth-order valence-electron chi connectivity index (χ4n) is 1.68. The number of aliphatic hydroxyl groups excluding tert-OH is 1. The molecule has 72 valence electrons. The zero-order chi connectivity index (χ0) is 9.03. The molecule has 1 saturated heterocycles. The molecule has 1 aliphatic rings. The van der Waals surface area contributed by atoms with E-state index in [9.17, 15) is 0 Å². The quantitative estimate of drug-likeness (QED) is 0.503. The second kappa shape index (κ2) is 4.18. The van der Waals surface area contributed by atoms with E-state index < -0.39 is 6.29 Å². The van der Waals surface area contributed by atoms with Crippen LogP contribution in [-0.4, -0.2) is 36.3 Å². The molecule has 1 heterocycles. The Hall–Kier alpha value is -0.160. The largest absolute Gasteiger partial charge is 0.381 e. The zero-order valence-electron chi connectivity index (χ0n) is 7.20. The molecule has 0 saturated carbocycles. The predicted octanol–water partition coefficient (Wildman–Crippen LogP) is -0.557. The Morgan fingerprint density at radius 2 is 1.92 bits per heavy atom. The lowest BCUT2D eigenvalue weighted by molar-refractivity contribution is -0.0922. The highest BCUT2D eigenvalue weighted by Gasteiger charge is 2.32. The highest BCUT2D eigenvalue weighted by Crippen LogP contribution is 2.33. The molecule has 0 aromatic rings. The van der Waals surface area contributed by atoms with Crippen LogP contribution in [0, 0.1) is 5.41 Å². The molecule has 0 aromatic carbocycles. The van der Waals surface area contributed by atoms with Crippen molar-refractivity contribution in [3.8, 4) is 0 Å². The van der Waals surface area contributed by atoms with Crippen LogP contribution in [0.1, 0.15) is 19.3 Å². The monoisotopic (exact) mass is 175 g/mol. The molecule has 0 amide bonds. The molecule has 0 unspecified atom stereocenters. The van der Waals surface area contributed by atoms with Gasteiger partial charge in [0.05, 0.1) is 0 Å². The minimum atomic E-state index is -1.24. The molecular formula is C8H17NO3. The van der Waals surface area contributed by atoms with Crippen molar-refractivity contribution >= 4 is 0 Å². The summed E-state index contributed by atoms with van der Waals surface area (Å²) in [7, 11) is 0. The standard InChI is InChI=1S/C8H17NO3/c9-6-8(5-7(10)11)1-3-12-4-2-8/h7,10-11H,1-6,9H2. The van der Waals surface area contributed by atoms with Crippen molar-refractivity contribution in [2.45, 2.75) is 25.6 Å². The van der Waals surface area contributed by atoms with E-state index in [1.54, 1.807) is 0 Å². The first-order valence-corrected chi connectivity index (χ1v) is 4.32. The van der Waals surface area contributed by atoms with Gasteiger partial charge in [-0.05, 0) is 24.8 Å². The minimum Gasteiger partial charge on any atom is -0.381 e. The molecule has 4 N–H and O–H groups in total. The Kier molecular flexibility index (Phi) is 3.46. The van der Waals surface area contributed by atoms with E-state index in [1.165, 1.54) is 0 Å². The van der Waals surface area contributed by atoms with Crippen LogP contribution in [0.3, 0.4) is 0 Å². The second-order valence-electron chi connectivity index (χ2n) is 3.50. The summed E-state index contributed by atoms with van der Waals surface area (Å²) >= 11 is 0. The summed E-state index contributed by atoms with van der Waals surface area (Å²) in [5.41, 5.74) is 5.50. The van der Waals surface area contributed by atoms with Gasteiger partial charge in [0, 0.05) is 19.6 Å². The molecule has 0 atom stereocenters. The van der Waals surface area contributed by atoms with Gasteiger partial charge >= 0.3 is 0 Å². The Bertz CT molecular complexity index is 132. The molecule has 1 fully saturated rings. The fraction of sp³-hybridized carbons (Fsp3) is 1.00. The normalized spacial score (nSPS) is 23.0. The molecule has 0 aliphatic carbocycles. The summed E-state index contributed by atoms with van der Waals surface area (Å²) in [5.74, 6) is 0. The first kappa shape index (κ1) is 9.92. The maximum absolute atomic E-state index is 8.86. The summed E-state index contributed by atoms with van der Waals surface area (Å²) in [5, 5.41) is 17.7. The fourth-order valence-corrected chi connectivity index (χ4v) is 1.68. The molecule has 1 aliphatic heterocycles. The maximum Gasteiger partial charge on any atom is 0.152 e. The van der Waals surface area contributed by atoms with Gasteiger partial charge in [-0.25, -0.2) is 0 Å². The van der Waals surface area contributed by atoms with Crippen LogP contribution in [-0.2, 0) is 4.74 Å². The zero-order valence-corrected chi connectivity index (χ0v) is 7.20. The molecular weight excluding hydrogens is 158 g/mol. The van der Waals surface area contributed by atoms with Crippen LogP contribution in [0.2, 0.25) is 0 Å². The third kappa shape index (κ3) is 2.42. The predicted molar refractivity (Wildman–Crippen MR) is 44.4 cm³/mol. The molecule has 1 rings (SSSR count). The van der Waals surface area contributed by atoms with Crippen LogP contribution >= 0.6 is 0 Å². The van der Waals surface area contributed by atoms with Gasteiger partial charge in [-0.2, -0.15) is 0 Å². The summed E-state index contributed by atoms with van der Waals surface area (Å²) in [6, 6.07) is 0. The van der Waals surface area contributed by atoms with E-state index in [2.05, 4.69) is 0 Å². The maximum atomic E-state index is 8.86. The van der Waals surface area contributed by atoms with Crippen molar-refractivity contribution < 1.29 is 14.9 Å². The summed E-state index contributed by atoms with van der Waals surface area (Å²) in [4.78, 5) is 0. The Morgan fingerprint density at radius 3 is 2.33 bits per heavy atom.